The van der Waals surface area contributed by atoms with Crippen LogP contribution in [-0.2, 0) is 11.3 Å². The van der Waals surface area contributed by atoms with Crippen molar-refractivity contribution >= 4 is 39.4 Å². The minimum Gasteiger partial charge on any atom is -0.352 e. The minimum atomic E-state index is -0.578. The van der Waals surface area contributed by atoms with E-state index in [0.29, 0.717) is 14.7 Å². The van der Waals surface area contributed by atoms with Gasteiger partial charge >= 0.3 is 5.69 Å². The number of nitrogens with one attached hydrogen (secondary N) is 1. The molecule has 0 saturated carbocycles. The number of benzene rings is 1. The first-order valence-corrected chi connectivity index (χ1v) is 10.0. The van der Waals surface area contributed by atoms with Gasteiger partial charge in [0.05, 0.1) is 5.69 Å². The van der Waals surface area contributed by atoms with E-state index < -0.39 is 11.2 Å². The smallest absolute Gasteiger partial charge is 0.337 e. The van der Waals surface area contributed by atoms with Gasteiger partial charge in [0.25, 0.3) is 5.56 Å². The molecule has 0 aliphatic rings. The maximum atomic E-state index is 13.0. The highest BCUT2D eigenvalue weighted by Gasteiger charge is 2.20. The van der Waals surface area contributed by atoms with E-state index in [4.69, 9.17) is 0 Å². The normalized spacial score (nSPS) is 11.2. The number of hydrogen-bond acceptors (Lipinski definition) is 6. The molecule has 0 aliphatic carbocycles. The van der Waals surface area contributed by atoms with Gasteiger partial charge < -0.3 is 5.32 Å². The van der Waals surface area contributed by atoms with Crippen LogP contribution in [0, 0.1) is 0 Å². The first-order chi connectivity index (χ1) is 12.4. The van der Waals surface area contributed by atoms with Gasteiger partial charge in [0.2, 0.25) is 5.91 Å². The third-order valence-corrected chi connectivity index (χ3v) is 5.62. The summed E-state index contributed by atoms with van der Waals surface area (Å²) >= 11 is 2.62. The molecule has 26 heavy (non-hydrogen) atoms. The first kappa shape index (κ1) is 18.4. The van der Waals surface area contributed by atoms with Gasteiger partial charge in [-0.05, 0) is 32.2 Å². The highest BCUT2D eigenvalue weighted by molar-refractivity contribution is 8.00. The lowest BCUT2D eigenvalue weighted by molar-refractivity contribution is -0.122. The molecule has 136 valence electrons. The van der Waals surface area contributed by atoms with Crippen LogP contribution in [0.25, 0.3) is 16.0 Å². The number of hydrogen-bond donors (Lipinski definition) is 1. The van der Waals surface area contributed by atoms with E-state index in [1.54, 1.807) is 30.3 Å². The van der Waals surface area contributed by atoms with E-state index in [1.165, 1.54) is 27.7 Å². The summed E-state index contributed by atoms with van der Waals surface area (Å²) in [6, 6.07) is 8.63. The topological polar surface area (TPSA) is 86.0 Å². The van der Waals surface area contributed by atoms with E-state index in [1.807, 2.05) is 20.1 Å². The largest absolute Gasteiger partial charge is 0.352 e. The van der Waals surface area contributed by atoms with Crippen molar-refractivity contribution < 1.29 is 4.79 Å². The molecule has 9 heteroatoms. The summed E-state index contributed by atoms with van der Waals surface area (Å²) < 4.78 is 3.38. The zero-order chi connectivity index (χ0) is 18.8. The van der Waals surface area contributed by atoms with Crippen LogP contribution in [0.3, 0.4) is 0 Å². The number of carbonyl (C=O) groups is 1. The van der Waals surface area contributed by atoms with Gasteiger partial charge in [-0.1, -0.05) is 30.0 Å². The third kappa shape index (κ3) is 3.45. The van der Waals surface area contributed by atoms with Crippen molar-refractivity contribution in [2.75, 3.05) is 6.26 Å². The molecule has 1 aromatic carbocycles. The molecule has 0 unspecified atom stereocenters. The lowest BCUT2D eigenvalue weighted by Crippen LogP contribution is -2.42. The van der Waals surface area contributed by atoms with Crippen LogP contribution < -0.4 is 16.6 Å². The molecule has 0 atom stereocenters. The van der Waals surface area contributed by atoms with Crippen LogP contribution in [0.4, 0.5) is 0 Å². The Labute approximate surface area is 157 Å². The minimum absolute atomic E-state index is 0.0501. The standard InChI is InChI=1S/C17H18N4O3S2/c1-10(2)18-12(22)9-20-14-13(26-16(19-14)25-3)15(23)21(17(20)24)11-7-5-4-6-8-11/h4-8,10H,9H2,1-3H3,(H,18,22). The number of aromatic nitrogens is 3. The predicted molar refractivity (Wildman–Crippen MR) is 105 cm³/mol. The number of para-hydroxylation sites is 1. The molecule has 0 fully saturated rings. The van der Waals surface area contributed by atoms with E-state index in [9.17, 15) is 14.4 Å². The number of nitrogens with zero attached hydrogens (tertiary/aromatic N) is 3. The van der Waals surface area contributed by atoms with Gasteiger partial charge in [-0.25, -0.2) is 14.3 Å². The van der Waals surface area contributed by atoms with Crippen LogP contribution >= 0.6 is 23.1 Å². The first-order valence-electron chi connectivity index (χ1n) is 7.97. The number of thioether (sulfide) groups is 1. The molecule has 2 heterocycles. The summed E-state index contributed by atoms with van der Waals surface area (Å²) in [6.45, 7) is 3.49. The Morgan fingerprint density at radius 2 is 1.96 bits per heavy atom. The maximum absolute atomic E-state index is 13.0. The Morgan fingerprint density at radius 3 is 2.58 bits per heavy atom. The van der Waals surface area contributed by atoms with Crippen molar-refractivity contribution in [1.82, 2.24) is 19.4 Å². The van der Waals surface area contributed by atoms with Crippen LogP contribution in [0.15, 0.2) is 44.3 Å². The van der Waals surface area contributed by atoms with Gasteiger partial charge in [0.1, 0.15) is 11.2 Å². The number of rotatable bonds is 5. The molecule has 0 spiro atoms. The molecular weight excluding hydrogens is 372 g/mol. The number of amides is 1. The molecule has 3 aromatic rings. The quantitative estimate of drug-likeness (QED) is 0.672. The van der Waals surface area contributed by atoms with E-state index in [-0.39, 0.29) is 24.1 Å². The lowest BCUT2D eigenvalue weighted by Gasteiger charge is -2.12. The summed E-state index contributed by atoms with van der Waals surface area (Å²) in [5, 5.41) is 2.76. The number of thiazole rings is 1. The van der Waals surface area contributed by atoms with Crippen LogP contribution in [0.5, 0.6) is 0 Å². The van der Waals surface area contributed by atoms with Crippen molar-refractivity contribution in [3.8, 4) is 5.69 Å². The van der Waals surface area contributed by atoms with Crippen LogP contribution in [0.2, 0.25) is 0 Å². The Kier molecular flexibility index (Phi) is 5.28. The monoisotopic (exact) mass is 390 g/mol. The average Bonchev–Trinajstić information content (AvgIpc) is 3.04. The summed E-state index contributed by atoms with van der Waals surface area (Å²) in [4.78, 5) is 42.5. The highest BCUT2D eigenvalue weighted by atomic mass is 32.2. The molecule has 1 N–H and O–H groups in total. The lowest BCUT2D eigenvalue weighted by atomic mass is 10.3. The Hall–Kier alpha value is -2.39. The second-order valence-corrected chi connectivity index (χ2v) is 7.96. The highest BCUT2D eigenvalue weighted by Crippen LogP contribution is 2.25. The molecule has 2 aromatic heterocycles. The van der Waals surface area contributed by atoms with Crippen molar-refractivity contribution in [1.29, 1.82) is 0 Å². The molecule has 7 nitrogen and oxygen atoms in total. The second kappa shape index (κ2) is 7.46. The van der Waals surface area contributed by atoms with Gasteiger partial charge in [0.15, 0.2) is 9.99 Å². The van der Waals surface area contributed by atoms with E-state index in [2.05, 4.69) is 10.3 Å². The molecule has 1 amide bonds. The van der Waals surface area contributed by atoms with Gasteiger partial charge in [-0.15, -0.1) is 11.3 Å². The van der Waals surface area contributed by atoms with E-state index >= 15 is 0 Å². The van der Waals surface area contributed by atoms with Crippen molar-refractivity contribution in [3.63, 3.8) is 0 Å². The molecular formula is C17H18N4O3S2. The Balaban J connectivity index is 2.28. The summed E-state index contributed by atoms with van der Waals surface area (Å²) in [5.74, 6) is -0.305. The zero-order valence-electron chi connectivity index (χ0n) is 14.6. The Bertz CT molecular complexity index is 1070. The molecule has 0 aliphatic heterocycles. The van der Waals surface area contributed by atoms with Crippen molar-refractivity contribution in [2.45, 2.75) is 30.8 Å². The van der Waals surface area contributed by atoms with Crippen LogP contribution in [0.1, 0.15) is 13.8 Å². The molecule has 0 saturated heterocycles. The number of carbonyl (C=O) groups excluding carboxylic acids is 1. The summed E-state index contributed by atoms with van der Waals surface area (Å²) in [6.07, 6.45) is 1.85. The maximum Gasteiger partial charge on any atom is 0.337 e. The third-order valence-electron chi connectivity index (χ3n) is 3.61. The number of fused-ring (bicyclic) bond motifs is 1. The summed E-state index contributed by atoms with van der Waals surface area (Å²) in [5.41, 5.74) is -0.290. The second-order valence-electron chi connectivity index (χ2n) is 5.90. The summed E-state index contributed by atoms with van der Waals surface area (Å²) in [7, 11) is 0. The average molecular weight is 390 g/mol. The SMILES string of the molecule is CSc1nc2c(s1)c(=O)n(-c1ccccc1)c(=O)n2CC(=O)NC(C)C. The predicted octanol–water partition coefficient (Wildman–Crippen LogP) is 1.86. The Morgan fingerprint density at radius 1 is 1.27 bits per heavy atom. The van der Waals surface area contributed by atoms with Crippen molar-refractivity contribution in [2.24, 2.45) is 0 Å². The fourth-order valence-electron chi connectivity index (χ4n) is 2.56. The van der Waals surface area contributed by atoms with Gasteiger partial charge in [-0.3, -0.25) is 14.2 Å². The fraction of sp³-hybridized carbons (Fsp3) is 0.294. The zero-order valence-corrected chi connectivity index (χ0v) is 16.2. The molecule has 0 radical (unpaired) electrons. The van der Waals surface area contributed by atoms with E-state index in [0.717, 1.165) is 4.57 Å². The van der Waals surface area contributed by atoms with Gasteiger partial charge in [0, 0.05) is 6.04 Å². The van der Waals surface area contributed by atoms with Gasteiger partial charge in [-0.2, -0.15) is 0 Å². The molecule has 0 bridgehead atoms. The molecule has 3 rings (SSSR count). The van der Waals surface area contributed by atoms with Crippen LogP contribution in [-0.4, -0.2) is 32.3 Å². The van der Waals surface area contributed by atoms with Crippen molar-refractivity contribution in [3.05, 3.63) is 51.2 Å². The fourth-order valence-corrected chi connectivity index (χ4v) is 4.05.